The molecule has 0 saturated carbocycles. The summed E-state index contributed by atoms with van der Waals surface area (Å²) in [6, 6.07) is 20.1. The lowest BCUT2D eigenvalue weighted by Crippen LogP contribution is -2.40. The van der Waals surface area contributed by atoms with Crippen LogP contribution in [-0.2, 0) is 14.8 Å². The Balaban J connectivity index is 1.49. The number of carbonyl (C=O) groups excluding carboxylic acids is 1. The molecule has 7 nitrogen and oxygen atoms in total. The van der Waals surface area contributed by atoms with E-state index in [9.17, 15) is 18.3 Å². The largest absolute Gasteiger partial charge is 0.506 e. The van der Waals surface area contributed by atoms with Crippen molar-refractivity contribution in [3.8, 4) is 17.6 Å². The van der Waals surface area contributed by atoms with Crippen molar-refractivity contribution < 1.29 is 23.1 Å². The average Bonchev–Trinajstić information content (AvgIpc) is 2.85. The van der Waals surface area contributed by atoms with Crippen molar-refractivity contribution in [3.63, 3.8) is 0 Å². The summed E-state index contributed by atoms with van der Waals surface area (Å²) < 4.78 is 32.3. The molecule has 168 valence electrons. The number of sulfonamides is 1. The highest BCUT2D eigenvalue weighted by Gasteiger charge is 2.27. The molecule has 0 radical (unpaired) electrons. The topological polar surface area (TPSA) is 95.9 Å². The Morgan fingerprint density at radius 1 is 0.909 bits per heavy atom. The van der Waals surface area contributed by atoms with Gasteiger partial charge >= 0.3 is 0 Å². The number of amides is 1. The zero-order chi connectivity index (χ0) is 23.3. The van der Waals surface area contributed by atoms with Crippen LogP contribution >= 0.6 is 0 Å². The lowest BCUT2D eigenvalue weighted by molar-refractivity contribution is 0.0730. The van der Waals surface area contributed by atoms with Crippen molar-refractivity contribution in [2.45, 2.75) is 4.90 Å². The molecule has 0 aliphatic carbocycles. The second-order valence-electron chi connectivity index (χ2n) is 7.34. The van der Waals surface area contributed by atoms with Gasteiger partial charge in [-0.05, 0) is 54.6 Å². The molecule has 0 atom stereocenters. The van der Waals surface area contributed by atoms with Crippen LogP contribution < -0.4 is 5.32 Å². The lowest BCUT2D eigenvalue weighted by atomic mass is 10.1. The Morgan fingerprint density at radius 2 is 1.55 bits per heavy atom. The first-order chi connectivity index (χ1) is 15.9. The Hall–Kier alpha value is -3.64. The fraction of sp³-hybridized carbons (Fsp3) is 0.160. The third-order valence-corrected chi connectivity index (χ3v) is 6.99. The summed E-state index contributed by atoms with van der Waals surface area (Å²) in [5.74, 6) is 5.39. The van der Waals surface area contributed by atoms with Crippen LogP contribution in [0.5, 0.6) is 5.75 Å². The molecule has 1 saturated heterocycles. The first-order valence-electron chi connectivity index (χ1n) is 10.3. The van der Waals surface area contributed by atoms with Gasteiger partial charge in [0.1, 0.15) is 5.75 Å². The molecule has 4 rings (SSSR count). The highest BCUT2D eigenvalue weighted by Crippen LogP contribution is 2.28. The number of nitrogens with zero attached hydrogens (tertiary/aromatic N) is 1. The summed E-state index contributed by atoms with van der Waals surface area (Å²) in [5, 5.41) is 12.8. The molecule has 0 unspecified atom stereocenters. The molecule has 3 aromatic rings. The first kappa shape index (κ1) is 22.6. The van der Waals surface area contributed by atoms with Crippen molar-refractivity contribution in [1.29, 1.82) is 0 Å². The number of anilines is 1. The van der Waals surface area contributed by atoms with Crippen molar-refractivity contribution in [2.24, 2.45) is 0 Å². The molecule has 2 N–H and O–H groups in total. The first-order valence-corrected chi connectivity index (χ1v) is 11.8. The Kier molecular flexibility index (Phi) is 6.75. The minimum Gasteiger partial charge on any atom is -0.506 e. The van der Waals surface area contributed by atoms with Crippen LogP contribution in [0.4, 0.5) is 5.69 Å². The number of benzene rings is 3. The van der Waals surface area contributed by atoms with E-state index in [4.69, 9.17) is 4.74 Å². The van der Waals surface area contributed by atoms with E-state index in [0.29, 0.717) is 18.8 Å². The normalized spacial score (nSPS) is 14.2. The van der Waals surface area contributed by atoms with Crippen LogP contribution in [0.1, 0.15) is 21.5 Å². The molecular formula is C25H22N2O5S. The van der Waals surface area contributed by atoms with E-state index in [1.54, 1.807) is 24.3 Å². The van der Waals surface area contributed by atoms with Gasteiger partial charge in [-0.15, -0.1) is 0 Å². The Morgan fingerprint density at radius 3 is 2.21 bits per heavy atom. The summed E-state index contributed by atoms with van der Waals surface area (Å²) in [6.07, 6.45) is 0. The number of phenols is 1. The quantitative estimate of drug-likeness (QED) is 0.459. The minimum absolute atomic E-state index is 0.0102. The van der Waals surface area contributed by atoms with Gasteiger partial charge in [-0.3, -0.25) is 4.79 Å². The Bertz CT molecular complexity index is 1300. The molecule has 1 fully saturated rings. The van der Waals surface area contributed by atoms with Crippen LogP contribution in [0.3, 0.4) is 0 Å². The van der Waals surface area contributed by atoms with Gasteiger partial charge in [-0.2, -0.15) is 4.31 Å². The number of rotatable bonds is 4. The predicted molar refractivity (Wildman–Crippen MR) is 125 cm³/mol. The predicted octanol–water partition coefficient (Wildman–Crippen LogP) is 3.07. The van der Waals surface area contributed by atoms with Gasteiger partial charge in [-0.25, -0.2) is 8.42 Å². The summed E-state index contributed by atoms with van der Waals surface area (Å²) in [4.78, 5) is 12.7. The maximum Gasteiger partial charge on any atom is 0.255 e. The van der Waals surface area contributed by atoms with Gasteiger partial charge in [0.2, 0.25) is 10.0 Å². The molecule has 8 heteroatoms. The van der Waals surface area contributed by atoms with Gasteiger partial charge in [0.25, 0.3) is 5.91 Å². The molecule has 3 aromatic carbocycles. The minimum atomic E-state index is -3.76. The molecular weight excluding hydrogens is 440 g/mol. The van der Waals surface area contributed by atoms with E-state index < -0.39 is 15.9 Å². The molecule has 1 aliphatic rings. The van der Waals surface area contributed by atoms with Gasteiger partial charge in [0, 0.05) is 29.8 Å². The number of hydrogen-bond acceptors (Lipinski definition) is 5. The summed E-state index contributed by atoms with van der Waals surface area (Å²) in [6.45, 7) is 1.16. The zero-order valence-corrected chi connectivity index (χ0v) is 18.5. The van der Waals surface area contributed by atoms with Crippen molar-refractivity contribution >= 4 is 21.6 Å². The number of ether oxygens (including phenoxy) is 1. The van der Waals surface area contributed by atoms with Gasteiger partial charge in [0.05, 0.1) is 23.8 Å². The van der Waals surface area contributed by atoms with Gasteiger partial charge in [-0.1, -0.05) is 30.0 Å². The lowest BCUT2D eigenvalue weighted by Gasteiger charge is -2.26. The molecule has 1 amide bonds. The van der Waals surface area contributed by atoms with Gasteiger partial charge < -0.3 is 15.2 Å². The second-order valence-corrected chi connectivity index (χ2v) is 9.28. The highest BCUT2D eigenvalue weighted by atomic mass is 32.2. The van der Waals surface area contributed by atoms with Crippen molar-refractivity contribution in [3.05, 3.63) is 89.5 Å². The van der Waals surface area contributed by atoms with Gasteiger partial charge in [0.15, 0.2) is 0 Å². The number of aromatic hydroxyl groups is 1. The van der Waals surface area contributed by atoms with E-state index in [-0.39, 0.29) is 29.4 Å². The monoisotopic (exact) mass is 462 g/mol. The summed E-state index contributed by atoms with van der Waals surface area (Å²) in [5.41, 5.74) is 2.00. The van der Waals surface area contributed by atoms with E-state index in [1.165, 1.54) is 22.5 Å². The molecule has 1 heterocycles. The number of carbonyl (C=O) groups is 1. The molecule has 1 aliphatic heterocycles. The average molecular weight is 463 g/mol. The van der Waals surface area contributed by atoms with E-state index in [2.05, 4.69) is 17.2 Å². The van der Waals surface area contributed by atoms with Crippen molar-refractivity contribution in [1.82, 2.24) is 4.31 Å². The number of phenolic OH excluding ortho intramolecular Hbond substituents is 1. The van der Waals surface area contributed by atoms with Crippen molar-refractivity contribution in [2.75, 3.05) is 31.6 Å². The van der Waals surface area contributed by atoms with Crippen LogP contribution in [0.2, 0.25) is 0 Å². The van der Waals surface area contributed by atoms with Crippen LogP contribution in [-0.4, -0.2) is 50.0 Å². The number of morpholine rings is 1. The SMILES string of the molecule is O=C(Nc1cc(S(=O)(=O)N2CCOCC2)ccc1O)c1ccc(C#Cc2ccccc2)cc1. The smallest absolute Gasteiger partial charge is 0.255 e. The van der Waals surface area contributed by atoms with E-state index in [1.807, 2.05) is 30.3 Å². The maximum absolute atomic E-state index is 12.9. The fourth-order valence-corrected chi connectivity index (χ4v) is 4.71. The van der Waals surface area contributed by atoms with Crippen LogP contribution in [0, 0.1) is 11.8 Å². The standard InChI is InChI=1S/C25H22N2O5S/c28-24-13-12-22(33(30,31)27-14-16-32-17-15-27)18-23(24)26-25(29)21-10-8-20(9-11-21)7-6-19-4-2-1-3-5-19/h1-5,8-13,18,28H,14-17H2,(H,26,29). The molecule has 33 heavy (non-hydrogen) atoms. The third kappa shape index (κ3) is 5.41. The molecule has 0 aromatic heterocycles. The van der Waals surface area contributed by atoms with Crippen LogP contribution in [0.25, 0.3) is 0 Å². The molecule has 0 bridgehead atoms. The Labute approximate surface area is 192 Å². The van der Waals surface area contributed by atoms with E-state index >= 15 is 0 Å². The third-order valence-electron chi connectivity index (χ3n) is 5.10. The number of hydrogen-bond donors (Lipinski definition) is 2. The van der Waals surface area contributed by atoms with Crippen LogP contribution in [0.15, 0.2) is 77.7 Å². The molecule has 0 spiro atoms. The van der Waals surface area contributed by atoms with E-state index in [0.717, 1.165) is 11.1 Å². The maximum atomic E-state index is 12.9. The summed E-state index contributed by atoms with van der Waals surface area (Å²) in [7, 11) is -3.76. The summed E-state index contributed by atoms with van der Waals surface area (Å²) >= 11 is 0. The highest BCUT2D eigenvalue weighted by molar-refractivity contribution is 7.89. The fourth-order valence-electron chi connectivity index (χ4n) is 3.28. The second kappa shape index (κ2) is 9.88. The number of nitrogens with one attached hydrogen (secondary N) is 1. The zero-order valence-electron chi connectivity index (χ0n) is 17.7.